The minimum absolute atomic E-state index is 0.332. The fourth-order valence-electron chi connectivity index (χ4n) is 3.31. The van der Waals surface area contributed by atoms with Crippen molar-refractivity contribution in [3.8, 4) is 0 Å². The van der Waals surface area contributed by atoms with Crippen LogP contribution < -0.4 is 0 Å². The average Bonchev–Trinajstić information content (AvgIpc) is 2.79. The molecule has 0 aromatic heterocycles. The van der Waals surface area contributed by atoms with E-state index in [9.17, 15) is 9.90 Å². The summed E-state index contributed by atoms with van der Waals surface area (Å²) < 4.78 is 9.74. The third kappa shape index (κ3) is 6.00. The summed E-state index contributed by atoms with van der Waals surface area (Å²) in [6, 6.07) is 25.6. The molecule has 5 heteroatoms. The number of hydrogen-bond acceptors (Lipinski definition) is 5. The molecule has 0 saturated carbocycles. The number of aliphatic hydroxyl groups excluding tert-OH is 1. The third-order valence-corrected chi connectivity index (χ3v) is 4.92. The lowest BCUT2D eigenvalue weighted by Crippen LogP contribution is -2.22. The highest BCUT2D eigenvalue weighted by atomic mass is 16.6. The quantitative estimate of drug-likeness (QED) is 0.425. The van der Waals surface area contributed by atoms with Crippen molar-refractivity contribution in [1.82, 2.24) is 4.90 Å². The maximum atomic E-state index is 11.7. The van der Waals surface area contributed by atoms with E-state index < -0.39 is 6.29 Å². The molecule has 0 bridgehead atoms. The number of carbonyl (C=O) groups is 1. The molecule has 0 radical (unpaired) electrons. The summed E-state index contributed by atoms with van der Waals surface area (Å²) in [4.78, 5) is 14.0. The molecule has 0 saturated heterocycles. The minimum atomic E-state index is -0.909. The number of benzene rings is 3. The third-order valence-electron chi connectivity index (χ3n) is 4.92. The van der Waals surface area contributed by atoms with E-state index >= 15 is 0 Å². The Bertz CT molecular complexity index is 924. The molecule has 0 aliphatic rings. The Morgan fingerprint density at radius 3 is 1.80 bits per heavy atom. The molecule has 5 nitrogen and oxygen atoms in total. The van der Waals surface area contributed by atoms with E-state index in [1.807, 2.05) is 54.6 Å². The highest BCUT2D eigenvalue weighted by molar-refractivity contribution is 5.89. The van der Waals surface area contributed by atoms with Gasteiger partial charge in [0.1, 0.15) is 0 Å². The zero-order valence-corrected chi connectivity index (χ0v) is 17.3. The van der Waals surface area contributed by atoms with Gasteiger partial charge in [-0.2, -0.15) is 0 Å². The van der Waals surface area contributed by atoms with Crippen LogP contribution in [0, 0.1) is 0 Å². The van der Waals surface area contributed by atoms with Gasteiger partial charge in [-0.05, 0) is 28.8 Å². The van der Waals surface area contributed by atoms with E-state index in [4.69, 9.17) is 9.47 Å². The predicted octanol–water partition coefficient (Wildman–Crippen LogP) is 4.31. The van der Waals surface area contributed by atoms with Gasteiger partial charge in [-0.3, -0.25) is 4.90 Å². The Kier molecular flexibility index (Phi) is 7.74. The van der Waals surface area contributed by atoms with E-state index in [0.29, 0.717) is 5.56 Å². The van der Waals surface area contributed by atoms with Crippen LogP contribution in [-0.4, -0.2) is 30.2 Å². The fraction of sp³-hybridized carbons (Fsp3) is 0.240. The lowest BCUT2D eigenvalue weighted by molar-refractivity contribution is -0.0769. The summed E-state index contributed by atoms with van der Waals surface area (Å²) in [6.07, 6.45) is -0.909. The van der Waals surface area contributed by atoms with Crippen molar-refractivity contribution in [3.05, 3.63) is 107 Å². The molecule has 30 heavy (non-hydrogen) atoms. The second kappa shape index (κ2) is 10.7. The fourth-order valence-corrected chi connectivity index (χ4v) is 3.31. The maximum absolute atomic E-state index is 11.7. The Morgan fingerprint density at radius 2 is 1.30 bits per heavy atom. The van der Waals surface area contributed by atoms with Crippen LogP contribution in [-0.2, 0) is 29.1 Å². The zero-order valence-electron chi connectivity index (χ0n) is 17.3. The standard InChI is InChI=1S/C25H27NO4/c1-29-24(27)22-12-8-20(9-13-22)17-26(16-19-6-4-3-5-7-19)18-21-10-14-23(15-11-21)25(28)30-2/h3-15,24,27H,16-18H2,1-2H3/t24-/m1/s1. The Morgan fingerprint density at radius 1 is 0.800 bits per heavy atom. The van der Waals surface area contributed by atoms with E-state index in [1.165, 1.54) is 19.8 Å². The second-order valence-electron chi connectivity index (χ2n) is 7.15. The molecule has 0 fully saturated rings. The molecule has 0 amide bonds. The number of nitrogens with zero attached hydrogens (tertiary/aromatic N) is 1. The first-order valence-electron chi connectivity index (χ1n) is 9.82. The molecule has 156 valence electrons. The van der Waals surface area contributed by atoms with Gasteiger partial charge in [0.25, 0.3) is 0 Å². The molecule has 1 atom stereocenters. The van der Waals surface area contributed by atoms with Gasteiger partial charge in [0.05, 0.1) is 12.7 Å². The van der Waals surface area contributed by atoms with Crippen LogP contribution in [0.1, 0.15) is 38.9 Å². The van der Waals surface area contributed by atoms with Crippen molar-refractivity contribution in [1.29, 1.82) is 0 Å². The van der Waals surface area contributed by atoms with Gasteiger partial charge in [-0.15, -0.1) is 0 Å². The molecule has 3 rings (SSSR count). The normalized spacial score (nSPS) is 12.0. The van der Waals surface area contributed by atoms with Crippen LogP contribution in [0.2, 0.25) is 0 Å². The molecule has 0 unspecified atom stereocenters. The van der Waals surface area contributed by atoms with Gasteiger partial charge in [-0.1, -0.05) is 66.7 Å². The summed E-state index contributed by atoms with van der Waals surface area (Å²) in [7, 11) is 2.86. The number of rotatable bonds is 9. The average molecular weight is 405 g/mol. The summed E-state index contributed by atoms with van der Waals surface area (Å²) >= 11 is 0. The summed E-state index contributed by atoms with van der Waals surface area (Å²) in [5.74, 6) is -0.332. The number of methoxy groups -OCH3 is 2. The molecular weight excluding hydrogens is 378 g/mol. The van der Waals surface area contributed by atoms with Crippen LogP contribution in [0.5, 0.6) is 0 Å². The van der Waals surface area contributed by atoms with Gasteiger partial charge in [0.2, 0.25) is 0 Å². The van der Waals surface area contributed by atoms with Gasteiger partial charge >= 0.3 is 5.97 Å². The topological polar surface area (TPSA) is 59.0 Å². The monoisotopic (exact) mass is 405 g/mol. The molecule has 1 N–H and O–H groups in total. The van der Waals surface area contributed by atoms with Crippen molar-refractivity contribution in [2.45, 2.75) is 25.9 Å². The first kappa shape index (κ1) is 21.7. The number of ether oxygens (including phenoxy) is 2. The lowest BCUT2D eigenvalue weighted by atomic mass is 10.1. The van der Waals surface area contributed by atoms with Gasteiger partial charge in [0, 0.05) is 32.3 Å². The lowest BCUT2D eigenvalue weighted by Gasteiger charge is -2.23. The first-order valence-corrected chi connectivity index (χ1v) is 9.82. The van der Waals surface area contributed by atoms with Crippen LogP contribution in [0.25, 0.3) is 0 Å². The van der Waals surface area contributed by atoms with Crippen molar-refractivity contribution in [2.75, 3.05) is 14.2 Å². The molecule has 3 aromatic carbocycles. The smallest absolute Gasteiger partial charge is 0.337 e. The number of hydrogen-bond donors (Lipinski definition) is 1. The molecule has 0 aliphatic heterocycles. The summed E-state index contributed by atoms with van der Waals surface area (Å²) in [6.45, 7) is 2.28. The molecule has 3 aromatic rings. The zero-order chi connectivity index (χ0) is 21.3. The Balaban J connectivity index is 1.75. The highest BCUT2D eigenvalue weighted by Crippen LogP contribution is 2.18. The Labute approximate surface area is 177 Å². The van der Waals surface area contributed by atoms with E-state index in [0.717, 1.165) is 36.3 Å². The van der Waals surface area contributed by atoms with E-state index in [2.05, 4.69) is 17.0 Å². The van der Waals surface area contributed by atoms with Crippen LogP contribution in [0.15, 0.2) is 78.9 Å². The largest absolute Gasteiger partial charge is 0.465 e. The number of carbonyl (C=O) groups excluding carboxylic acids is 1. The van der Waals surface area contributed by atoms with Gasteiger partial charge < -0.3 is 14.6 Å². The van der Waals surface area contributed by atoms with Crippen molar-refractivity contribution in [2.24, 2.45) is 0 Å². The van der Waals surface area contributed by atoms with Crippen molar-refractivity contribution >= 4 is 5.97 Å². The van der Waals surface area contributed by atoms with E-state index in [1.54, 1.807) is 12.1 Å². The molecule has 0 heterocycles. The second-order valence-corrected chi connectivity index (χ2v) is 7.15. The predicted molar refractivity (Wildman–Crippen MR) is 116 cm³/mol. The SMILES string of the molecule is COC(=O)c1ccc(CN(Cc2ccccc2)Cc2ccc([C@H](O)OC)cc2)cc1. The van der Waals surface area contributed by atoms with Gasteiger partial charge in [-0.25, -0.2) is 4.79 Å². The van der Waals surface area contributed by atoms with E-state index in [-0.39, 0.29) is 5.97 Å². The van der Waals surface area contributed by atoms with Crippen LogP contribution in [0.4, 0.5) is 0 Å². The molecule has 0 aliphatic carbocycles. The van der Waals surface area contributed by atoms with Crippen LogP contribution in [0.3, 0.4) is 0 Å². The highest BCUT2D eigenvalue weighted by Gasteiger charge is 2.11. The van der Waals surface area contributed by atoms with Crippen molar-refractivity contribution < 1.29 is 19.4 Å². The summed E-state index contributed by atoms with van der Waals surface area (Å²) in [5, 5.41) is 9.81. The first-order chi connectivity index (χ1) is 14.6. The minimum Gasteiger partial charge on any atom is -0.465 e. The van der Waals surface area contributed by atoms with Crippen molar-refractivity contribution in [3.63, 3.8) is 0 Å². The molecular formula is C25H27NO4. The number of aliphatic hydroxyl groups is 1. The number of esters is 1. The maximum Gasteiger partial charge on any atom is 0.337 e. The Hall–Kier alpha value is -2.99. The molecule has 0 spiro atoms. The van der Waals surface area contributed by atoms with Crippen LogP contribution >= 0.6 is 0 Å². The summed E-state index contributed by atoms with van der Waals surface area (Å²) in [5.41, 5.74) is 4.77. The van der Waals surface area contributed by atoms with Gasteiger partial charge in [0.15, 0.2) is 6.29 Å².